The number of aliphatic hydroxyl groups excluding tert-OH is 1. The maximum absolute atomic E-state index is 8.79. The van der Waals surface area contributed by atoms with Gasteiger partial charge in [-0.15, -0.1) is 11.8 Å². The fourth-order valence-electron chi connectivity index (χ4n) is 1.16. The average molecular weight is 213 g/mol. The normalized spacial score (nSPS) is 15.6. The van der Waals surface area contributed by atoms with Crippen LogP contribution in [0.3, 0.4) is 0 Å². The molecule has 0 saturated carbocycles. The molecule has 3 N–H and O–H groups in total. The van der Waals surface area contributed by atoms with Crippen LogP contribution in [0.1, 0.15) is 0 Å². The summed E-state index contributed by atoms with van der Waals surface area (Å²) in [4.78, 5) is 0.968. The molecule has 0 aliphatic carbocycles. The highest BCUT2D eigenvalue weighted by Crippen LogP contribution is 2.35. The lowest BCUT2D eigenvalue weighted by Crippen LogP contribution is -2.19. The molecule has 5 heteroatoms. The smallest absolute Gasteiger partial charge is 0.231 e. The molecule has 0 fully saturated rings. The van der Waals surface area contributed by atoms with E-state index in [4.69, 9.17) is 20.3 Å². The van der Waals surface area contributed by atoms with E-state index in [0.717, 1.165) is 16.4 Å². The Bertz CT molecular complexity index is 332. The third-order valence-electron chi connectivity index (χ3n) is 1.81. The second-order valence-electron chi connectivity index (χ2n) is 2.85. The van der Waals surface area contributed by atoms with E-state index in [0.29, 0.717) is 0 Å². The number of aliphatic hydroxyl groups is 1. The van der Waals surface area contributed by atoms with E-state index in [1.54, 1.807) is 0 Å². The van der Waals surface area contributed by atoms with Crippen molar-refractivity contribution in [3.8, 4) is 11.5 Å². The molecule has 1 aliphatic rings. The molecule has 76 valence electrons. The number of fused-ring (bicyclic) bond motifs is 1. The fourth-order valence-corrected chi connectivity index (χ4v) is 1.91. The van der Waals surface area contributed by atoms with Crippen molar-refractivity contribution in [1.82, 2.24) is 0 Å². The molecular weight excluding hydrogens is 202 g/mol. The van der Waals surface area contributed by atoms with Gasteiger partial charge in [0.25, 0.3) is 0 Å². The van der Waals surface area contributed by atoms with Crippen LogP contribution in [0.4, 0.5) is 0 Å². The molecule has 4 nitrogen and oxygen atoms in total. The van der Waals surface area contributed by atoms with Gasteiger partial charge in [-0.25, -0.2) is 0 Å². The third-order valence-corrected chi connectivity index (χ3v) is 2.79. The summed E-state index contributed by atoms with van der Waals surface area (Å²) in [7, 11) is 0. The fraction of sp³-hybridized carbons (Fsp3) is 0.333. The number of hydrogen-bond acceptors (Lipinski definition) is 5. The van der Waals surface area contributed by atoms with Gasteiger partial charge in [-0.05, 0) is 18.2 Å². The van der Waals surface area contributed by atoms with Gasteiger partial charge in [-0.3, -0.25) is 0 Å². The van der Waals surface area contributed by atoms with Crippen LogP contribution in [0.5, 0.6) is 11.5 Å². The Kier molecular flexibility index (Phi) is 2.81. The van der Waals surface area contributed by atoms with E-state index < -0.39 is 0 Å². The number of thioether (sulfide) groups is 1. The van der Waals surface area contributed by atoms with Gasteiger partial charge in [0.1, 0.15) is 0 Å². The topological polar surface area (TPSA) is 64.7 Å². The predicted molar refractivity (Wildman–Crippen MR) is 53.5 cm³/mol. The number of benzene rings is 1. The van der Waals surface area contributed by atoms with Gasteiger partial charge >= 0.3 is 0 Å². The van der Waals surface area contributed by atoms with Gasteiger partial charge in [-0.2, -0.15) is 0 Å². The summed E-state index contributed by atoms with van der Waals surface area (Å²) in [6.07, 6.45) is 0. The van der Waals surface area contributed by atoms with Crippen molar-refractivity contribution >= 4 is 11.8 Å². The highest BCUT2D eigenvalue weighted by molar-refractivity contribution is 7.99. The van der Waals surface area contributed by atoms with Gasteiger partial charge in [0, 0.05) is 4.90 Å². The van der Waals surface area contributed by atoms with Crippen LogP contribution >= 0.6 is 11.8 Å². The first-order valence-electron chi connectivity index (χ1n) is 4.22. The number of nitrogens with two attached hydrogens (primary N) is 1. The van der Waals surface area contributed by atoms with Gasteiger partial charge in [0.05, 0.1) is 12.0 Å². The van der Waals surface area contributed by atoms with Crippen LogP contribution < -0.4 is 15.2 Å². The Morgan fingerprint density at radius 3 is 3.00 bits per heavy atom. The van der Waals surface area contributed by atoms with E-state index in [1.807, 2.05) is 18.2 Å². The zero-order chi connectivity index (χ0) is 9.97. The van der Waals surface area contributed by atoms with Crippen molar-refractivity contribution in [3.63, 3.8) is 0 Å². The van der Waals surface area contributed by atoms with Crippen LogP contribution in [-0.2, 0) is 0 Å². The maximum atomic E-state index is 8.79. The highest BCUT2D eigenvalue weighted by atomic mass is 32.2. The lowest BCUT2D eigenvalue weighted by Gasteiger charge is -2.07. The Morgan fingerprint density at radius 1 is 1.43 bits per heavy atom. The number of ether oxygens (including phenoxy) is 2. The van der Waals surface area contributed by atoms with Crippen molar-refractivity contribution in [2.45, 2.75) is 10.3 Å². The molecular formula is C9H11NO3S. The van der Waals surface area contributed by atoms with E-state index in [1.165, 1.54) is 11.8 Å². The Hall–Kier alpha value is -0.910. The summed E-state index contributed by atoms with van der Waals surface area (Å²) in [5.74, 6) is 1.49. The summed E-state index contributed by atoms with van der Waals surface area (Å²) in [5.41, 5.74) is 5.59. The number of rotatable bonds is 3. The SMILES string of the molecule is NC(CO)Sc1ccc2c(c1)OCO2. The second kappa shape index (κ2) is 4.08. The molecule has 0 bridgehead atoms. The molecule has 2 rings (SSSR count). The molecule has 0 aromatic heterocycles. The standard InChI is InChI=1S/C9H11NO3S/c10-9(4-11)14-6-1-2-7-8(3-6)13-5-12-7/h1-3,9,11H,4-5,10H2. The van der Waals surface area contributed by atoms with E-state index in [2.05, 4.69) is 0 Å². The number of hydrogen-bond donors (Lipinski definition) is 2. The van der Waals surface area contributed by atoms with Crippen LogP contribution in [0.25, 0.3) is 0 Å². The molecule has 1 atom stereocenters. The summed E-state index contributed by atoms with van der Waals surface area (Å²) in [5, 5.41) is 8.49. The molecule has 1 unspecified atom stereocenters. The molecule has 1 aliphatic heterocycles. The quantitative estimate of drug-likeness (QED) is 0.574. The van der Waals surface area contributed by atoms with Gasteiger partial charge in [0.15, 0.2) is 11.5 Å². The van der Waals surface area contributed by atoms with Crippen LogP contribution in [0.15, 0.2) is 23.1 Å². The minimum Gasteiger partial charge on any atom is -0.454 e. The first kappa shape index (κ1) is 9.64. The van der Waals surface area contributed by atoms with E-state index in [-0.39, 0.29) is 18.8 Å². The third kappa shape index (κ3) is 1.95. The zero-order valence-corrected chi connectivity index (χ0v) is 8.29. The van der Waals surface area contributed by atoms with Gasteiger partial charge < -0.3 is 20.3 Å². The van der Waals surface area contributed by atoms with Crippen molar-refractivity contribution < 1.29 is 14.6 Å². The summed E-state index contributed by atoms with van der Waals surface area (Å²) >= 11 is 1.40. The maximum Gasteiger partial charge on any atom is 0.231 e. The minimum absolute atomic E-state index is 0.0426. The second-order valence-corrected chi connectivity index (χ2v) is 4.17. The van der Waals surface area contributed by atoms with Crippen molar-refractivity contribution in [2.75, 3.05) is 13.4 Å². The lowest BCUT2D eigenvalue weighted by molar-refractivity contribution is 0.174. The molecule has 0 amide bonds. The highest BCUT2D eigenvalue weighted by Gasteiger charge is 2.14. The minimum atomic E-state index is -0.296. The molecule has 14 heavy (non-hydrogen) atoms. The van der Waals surface area contributed by atoms with Crippen molar-refractivity contribution in [1.29, 1.82) is 0 Å². The first-order chi connectivity index (χ1) is 6.79. The van der Waals surface area contributed by atoms with Gasteiger partial charge in [-0.1, -0.05) is 0 Å². The largest absolute Gasteiger partial charge is 0.454 e. The lowest BCUT2D eigenvalue weighted by atomic mass is 10.3. The van der Waals surface area contributed by atoms with Crippen molar-refractivity contribution in [2.24, 2.45) is 5.73 Å². The molecule has 0 saturated heterocycles. The molecule has 1 aromatic rings. The van der Waals surface area contributed by atoms with Crippen LogP contribution in [0.2, 0.25) is 0 Å². The average Bonchev–Trinajstić information content (AvgIpc) is 2.64. The Morgan fingerprint density at radius 2 is 2.21 bits per heavy atom. The molecule has 1 aromatic carbocycles. The van der Waals surface area contributed by atoms with E-state index in [9.17, 15) is 0 Å². The predicted octanol–water partition coefficient (Wildman–Crippen LogP) is 0.785. The summed E-state index contributed by atoms with van der Waals surface area (Å²) < 4.78 is 10.4. The van der Waals surface area contributed by atoms with Crippen LogP contribution in [-0.4, -0.2) is 23.9 Å². The van der Waals surface area contributed by atoms with Gasteiger partial charge in [0.2, 0.25) is 6.79 Å². The van der Waals surface area contributed by atoms with E-state index >= 15 is 0 Å². The first-order valence-corrected chi connectivity index (χ1v) is 5.10. The summed E-state index contributed by atoms with van der Waals surface area (Å²) in [6, 6.07) is 5.60. The molecule has 0 radical (unpaired) electrons. The Balaban J connectivity index is 2.12. The molecule has 0 spiro atoms. The molecule has 1 heterocycles. The monoisotopic (exact) mass is 213 g/mol. The summed E-state index contributed by atoms with van der Waals surface area (Å²) in [6.45, 7) is 0.231. The zero-order valence-electron chi connectivity index (χ0n) is 7.47. The Labute approximate surface area is 86.0 Å². The van der Waals surface area contributed by atoms with Crippen LogP contribution in [0, 0.1) is 0 Å². The van der Waals surface area contributed by atoms with Crippen molar-refractivity contribution in [3.05, 3.63) is 18.2 Å².